The normalized spacial score (nSPS) is 16.9. The maximum atomic E-state index is 13.1. The molecule has 1 unspecified atom stereocenters. The third kappa shape index (κ3) is 4.23. The van der Waals surface area contributed by atoms with Crippen LogP contribution in [0.3, 0.4) is 0 Å². The largest absolute Gasteiger partial charge is 0.454 e. The predicted octanol–water partition coefficient (Wildman–Crippen LogP) is 4.27. The Labute approximate surface area is 209 Å². The SMILES string of the molecule is Cc1ccc(-c2cc3c(N4CCCC(C(=O)NCc5ccc6c(c5)OCO6)C4)nccn3n2)c(C)c1. The first-order valence-corrected chi connectivity index (χ1v) is 12.4. The summed E-state index contributed by atoms with van der Waals surface area (Å²) in [4.78, 5) is 20.0. The molecular formula is C28H29N5O3. The number of nitrogens with zero attached hydrogens (tertiary/aromatic N) is 4. The number of piperidine rings is 1. The highest BCUT2D eigenvalue weighted by molar-refractivity contribution is 5.81. The van der Waals surface area contributed by atoms with Crippen molar-refractivity contribution in [3.8, 4) is 22.8 Å². The summed E-state index contributed by atoms with van der Waals surface area (Å²) in [6, 6.07) is 14.3. The van der Waals surface area contributed by atoms with Gasteiger partial charge < -0.3 is 19.7 Å². The molecule has 2 aliphatic rings. The summed E-state index contributed by atoms with van der Waals surface area (Å²) >= 11 is 0. The molecule has 36 heavy (non-hydrogen) atoms. The first-order valence-electron chi connectivity index (χ1n) is 12.4. The third-order valence-corrected chi connectivity index (χ3v) is 7.02. The lowest BCUT2D eigenvalue weighted by molar-refractivity contribution is -0.125. The number of rotatable bonds is 5. The number of ether oxygens (including phenoxy) is 2. The van der Waals surface area contributed by atoms with Gasteiger partial charge in [0, 0.05) is 37.6 Å². The number of benzene rings is 2. The van der Waals surface area contributed by atoms with Crippen molar-refractivity contribution in [2.45, 2.75) is 33.2 Å². The standard InChI is InChI=1S/C28H29N5O3/c1-18-5-7-22(19(2)12-18)23-14-24-27(29-9-11-33(24)31-23)32-10-3-4-21(16-32)28(34)30-15-20-6-8-25-26(13-20)36-17-35-25/h5-9,11-14,21H,3-4,10,15-17H2,1-2H3,(H,30,34). The van der Waals surface area contributed by atoms with E-state index in [0.29, 0.717) is 13.1 Å². The molecule has 6 rings (SSSR count). The monoisotopic (exact) mass is 483 g/mol. The lowest BCUT2D eigenvalue weighted by atomic mass is 9.97. The summed E-state index contributed by atoms with van der Waals surface area (Å²) < 4.78 is 12.7. The smallest absolute Gasteiger partial charge is 0.231 e. The molecule has 1 saturated heterocycles. The number of amides is 1. The van der Waals surface area contributed by atoms with E-state index in [9.17, 15) is 4.79 Å². The molecule has 0 saturated carbocycles. The molecule has 0 aliphatic carbocycles. The van der Waals surface area contributed by atoms with Crippen LogP contribution in [0.5, 0.6) is 11.5 Å². The van der Waals surface area contributed by atoms with Gasteiger partial charge in [-0.25, -0.2) is 9.50 Å². The van der Waals surface area contributed by atoms with E-state index < -0.39 is 0 Å². The van der Waals surface area contributed by atoms with Crippen molar-refractivity contribution in [1.82, 2.24) is 19.9 Å². The van der Waals surface area contributed by atoms with E-state index >= 15 is 0 Å². The van der Waals surface area contributed by atoms with Crippen LogP contribution in [-0.4, -0.2) is 40.4 Å². The Bertz CT molecular complexity index is 1450. The zero-order chi connectivity index (χ0) is 24.6. The van der Waals surface area contributed by atoms with E-state index in [2.05, 4.69) is 48.3 Å². The fourth-order valence-corrected chi connectivity index (χ4v) is 5.15. The molecule has 4 aromatic rings. The van der Waals surface area contributed by atoms with E-state index in [4.69, 9.17) is 19.6 Å². The van der Waals surface area contributed by atoms with Crippen molar-refractivity contribution in [3.05, 3.63) is 71.5 Å². The first kappa shape index (κ1) is 22.4. The molecule has 184 valence electrons. The van der Waals surface area contributed by atoms with Gasteiger partial charge in [-0.2, -0.15) is 5.10 Å². The van der Waals surface area contributed by atoms with E-state index in [1.165, 1.54) is 11.1 Å². The Balaban J connectivity index is 1.18. The second-order valence-electron chi connectivity index (χ2n) is 9.62. The Kier molecular flexibility index (Phi) is 5.71. The van der Waals surface area contributed by atoms with Crippen molar-refractivity contribution >= 4 is 17.2 Å². The zero-order valence-corrected chi connectivity index (χ0v) is 20.5. The van der Waals surface area contributed by atoms with Gasteiger partial charge >= 0.3 is 0 Å². The summed E-state index contributed by atoms with van der Waals surface area (Å²) in [5.41, 5.74) is 6.42. The number of nitrogens with one attached hydrogen (secondary N) is 1. The molecule has 8 heteroatoms. The number of hydrogen-bond donors (Lipinski definition) is 1. The summed E-state index contributed by atoms with van der Waals surface area (Å²) in [5, 5.41) is 7.93. The molecule has 1 atom stereocenters. The minimum atomic E-state index is -0.100. The van der Waals surface area contributed by atoms with E-state index in [1.54, 1.807) is 6.20 Å². The topological polar surface area (TPSA) is 81.0 Å². The lowest BCUT2D eigenvalue weighted by Gasteiger charge is -2.33. The average Bonchev–Trinajstić information content (AvgIpc) is 3.54. The number of carbonyl (C=O) groups is 1. The number of fused-ring (bicyclic) bond motifs is 2. The van der Waals surface area contributed by atoms with Crippen LogP contribution in [0.15, 0.2) is 54.9 Å². The van der Waals surface area contributed by atoms with Gasteiger partial charge in [-0.3, -0.25) is 4.79 Å². The van der Waals surface area contributed by atoms with E-state index in [-0.39, 0.29) is 18.6 Å². The Morgan fingerprint density at radius 1 is 1.11 bits per heavy atom. The van der Waals surface area contributed by atoms with Crippen LogP contribution in [0.4, 0.5) is 5.82 Å². The molecule has 0 bridgehead atoms. The number of hydrogen-bond acceptors (Lipinski definition) is 6. The molecule has 2 aromatic heterocycles. The van der Waals surface area contributed by atoms with Crippen molar-refractivity contribution in [2.75, 3.05) is 24.8 Å². The molecule has 4 heterocycles. The maximum absolute atomic E-state index is 13.1. The van der Waals surface area contributed by atoms with Crippen LogP contribution >= 0.6 is 0 Å². The maximum Gasteiger partial charge on any atom is 0.231 e. The van der Waals surface area contributed by atoms with Crippen LogP contribution in [-0.2, 0) is 11.3 Å². The van der Waals surface area contributed by atoms with Crippen LogP contribution in [0.1, 0.15) is 29.5 Å². The fourth-order valence-electron chi connectivity index (χ4n) is 5.15. The third-order valence-electron chi connectivity index (χ3n) is 7.02. The number of carbonyl (C=O) groups excluding carboxylic acids is 1. The fraction of sp³-hybridized carbons (Fsp3) is 0.321. The van der Waals surface area contributed by atoms with Gasteiger partial charge in [0.15, 0.2) is 17.3 Å². The Morgan fingerprint density at radius 3 is 2.89 bits per heavy atom. The summed E-state index contributed by atoms with van der Waals surface area (Å²) in [6.45, 7) is 6.41. The van der Waals surface area contributed by atoms with Crippen molar-refractivity contribution in [3.63, 3.8) is 0 Å². The zero-order valence-electron chi connectivity index (χ0n) is 20.5. The van der Waals surface area contributed by atoms with Gasteiger partial charge in [-0.1, -0.05) is 29.8 Å². The van der Waals surface area contributed by atoms with Gasteiger partial charge in [0.25, 0.3) is 0 Å². The molecule has 2 aliphatic heterocycles. The summed E-state index contributed by atoms with van der Waals surface area (Å²) in [6.07, 6.45) is 5.46. The van der Waals surface area contributed by atoms with Gasteiger partial charge in [-0.05, 0) is 56.0 Å². The van der Waals surface area contributed by atoms with Crippen LogP contribution < -0.4 is 19.7 Å². The van der Waals surface area contributed by atoms with Crippen LogP contribution in [0, 0.1) is 19.8 Å². The minimum Gasteiger partial charge on any atom is -0.454 e. The average molecular weight is 484 g/mol. The molecule has 0 radical (unpaired) electrons. The number of anilines is 1. The predicted molar refractivity (Wildman–Crippen MR) is 137 cm³/mol. The first-order chi connectivity index (χ1) is 17.5. The van der Waals surface area contributed by atoms with Crippen LogP contribution in [0.25, 0.3) is 16.8 Å². The highest BCUT2D eigenvalue weighted by Crippen LogP contribution is 2.33. The van der Waals surface area contributed by atoms with Crippen molar-refractivity contribution in [1.29, 1.82) is 0 Å². The van der Waals surface area contributed by atoms with Crippen LogP contribution in [0.2, 0.25) is 0 Å². The van der Waals surface area contributed by atoms with Gasteiger partial charge in [-0.15, -0.1) is 0 Å². The molecular weight excluding hydrogens is 454 g/mol. The molecule has 8 nitrogen and oxygen atoms in total. The van der Waals surface area contributed by atoms with Crippen molar-refractivity contribution in [2.24, 2.45) is 5.92 Å². The van der Waals surface area contributed by atoms with Crippen molar-refractivity contribution < 1.29 is 14.3 Å². The molecule has 2 aromatic carbocycles. The highest BCUT2D eigenvalue weighted by Gasteiger charge is 2.28. The number of aromatic nitrogens is 3. The molecule has 1 amide bonds. The Hall–Kier alpha value is -4.07. The quantitative estimate of drug-likeness (QED) is 0.457. The molecule has 1 N–H and O–H groups in total. The van der Waals surface area contributed by atoms with E-state index in [1.807, 2.05) is 28.9 Å². The Morgan fingerprint density at radius 2 is 2.00 bits per heavy atom. The lowest BCUT2D eigenvalue weighted by Crippen LogP contribution is -2.43. The summed E-state index contributed by atoms with van der Waals surface area (Å²) in [5.74, 6) is 2.31. The molecule has 1 fully saturated rings. The summed E-state index contributed by atoms with van der Waals surface area (Å²) in [7, 11) is 0. The second kappa shape index (κ2) is 9.18. The molecule has 0 spiro atoms. The minimum absolute atomic E-state index is 0.0637. The number of aryl methyl sites for hydroxylation is 2. The highest BCUT2D eigenvalue weighted by atomic mass is 16.7. The van der Waals surface area contributed by atoms with E-state index in [0.717, 1.165) is 59.0 Å². The van der Waals surface area contributed by atoms with Gasteiger partial charge in [0.2, 0.25) is 12.7 Å². The van der Waals surface area contributed by atoms with Gasteiger partial charge in [0.1, 0.15) is 5.52 Å². The second-order valence-corrected chi connectivity index (χ2v) is 9.62. The van der Waals surface area contributed by atoms with Gasteiger partial charge in [0.05, 0.1) is 11.6 Å².